The zero-order valence-corrected chi connectivity index (χ0v) is 48.6. The average Bonchev–Trinajstić information content (AvgIpc) is 1.54. The molecule has 0 aliphatic heterocycles. The van der Waals surface area contributed by atoms with E-state index in [0.29, 0.717) is 0 Å². The van der Waals surface area contributed by atoms with Crippen molar-refractivity contribution in [2.24, 2.45) is 0 Å². The number of aryl methyl sites for hydroxylation is 2. The van der Waals surface area contributed by atoms with Gasteiger partial charge in [0.15, 0.2) is 0 Å². The highest BCUT2D eigenvalue weighted by atomic mass is 32.1. The molecule has 0 fully saturated rings. The van der Waals surface area contributed by atoms with E-state index in [-0.39, 0.29) is 0 Å². The van der Waals surface area contributed by atoms with Crippen molar-refractivity contribution in [2.45, 2.75) is 13.8 Å². The summed E-state index contributed by atoms with van der Waals surface area (Å²) in [7, 11) is 0. The third-order valence-corrected chi connectivity index (χ3v) is 20.9. The molecule has 6 heteroatoms. The number of fused-ring (bicyclic) bond motifs is 18. The number of aromatic nitrogens is 2. The number of nitrogens with zero attached hydrogens (tertiary/aromatic N) is 4. The summed E-state index contributed by atoms with van der Waals surface area (Å²) >= 11 is 3.79. The van der Waals surface area contributed by atoms with E-state index in [0.717, 1.165) is 34.1 Å². The molecule has 0 N–H and O–H groups in total. The van der Waals surface area contributed by atoms with Gasteiger partial charge in [-0.1, -0.05) is 193 Å². The summed E-state index contributed by atoms with van der Waals surface area (Å²) < 4.78 is 10.3. The molecule has 19 aromatic rings. The summed E-state index contributed by atoms with van der Waals surface area (Å²) in [6.07, 6.45) is 0. The van der Waals surface area contributed by atoms with Crippen molar-refractivity contribution in [3.63, 3.8) is 0 Å². The standard InChI is InChI=1S/C80H50N4S2/c1-47-29-33-51(34-30-47)81(65-43-39-57-53-21-11-15-27-71(53)85-79(57)73(65)49-17-5-3-6-18-49)67-41-37-55-61-45-70-62(46-69(61)83-63-25-13-9-23-59(63)75(67)77(55)83)56-38-42-68(76-60-24-10-14-26-64(60)84(70)78(56)76)82(52-35-31-48(2)32-36-52)66-44-40-58-54-22-12-16-28-72(54)86-80(58)74(66)50-19-7-4-8-20-50/h3-46H,1-2H3. The van der Waals surface area contributed by atoms with Gasteiger partial charge in [-0.2, -0.15) is 0 Å². The van der Waals surface area contributed by atoms with Crippen molar-refractivity contribution in [3.8, 4) is 22.3 Å². The third-order valence-electron chi connectivity index (χ3n) is 18.5. The summed E-state index contributed by atoms with van der Waals surface area (Å²) in [5.41, 5.74) is 21.5. The van der Waals surface area contributed by atoms with E-state index < -0.39 is 0 Å². The molecular weight excluding hydrogens is 1080 g/mol. The van der Waals surface area contributed by atoms with Gasteiger partial charge in [0.2, 0.25) is 0 Å². The van der Waals surface area contributed by atoms with Gasteiger partial charge >= 0.3 is 0 Å². The Morgan fingerprint density at radius 1 is 0.279 bits per heavy atom. The topological polar surface area (TPSA) is 15.3 Å². The van der Waals surface area contributed by atoms with Crippen LogP contribution in [0, 0.1) is 13.8 Å². The van der Waals surface area contributed by atoms with Gasteiger partial charge in [-0.15, -0.1) is 22.7 Å². The molecule has 19 rings (SSSR count). The van der Waals surface area contributed by atoms with Crippen LogP contribution in [-0.2, 0) is 0 Å². The van der Waals surface area contributed by atoms with Crippen LogP contribution in [0.2, 0.25) is 0 Å². The Morgan fingerprint density at radius 2 is 0.640 bits per heavy atom. The van der Waals surface area contributed by atoms with Crippen LogP contribution in [0.1, 0.15) is 11.1 Å². The number of thiophene rings is 2. The van der Waals surface area contributed by atoms with Crippen molar-refractivity contribution >= 4 is 173 Å². The van der Waals surface area contributed by atoms with E-state index in [1.54, 1.807) is 0 Å². The Bertz CT molecular complexity index is 5600. The smallest absolute Gasteiger partial charge is 0.0641 e. The normalized spacial score (nSPS) is 12.3. The number of hydrogen-bond acceptors (Lipinski definition) is 4. The highest BCUT2D eigenvalue weighted by molar-refractivity contribution is 7.26. The second-order valence-corrected chi connectivity index (χ2v) is 25.4. The molecule has 86 heavy (non-hydrogen) atoms. The van der Waals surface area contributed by atoms with E-state index in [2.05, 4.69) is 299 Å². The average molecular weight is 1130 g/mol. The monoisotopic (exact) mass is 1130 g/mol. The van der Waals surface area contributed by atoms with Gasteiger partial charge in [-0.25, -0.2) is 0 Å². The quantitative estimate of drug-likeness (QED) is 0.151. The molecule has 0 unspecified atom stereocenters. The molecule has 0 saturated heterocycles. The van der Waals surface area contributed by atoms with Gasteiger partial charge in [-0.05, 0) is 110 Å². The van der Waals surface area contributed by atoms with Crippen LogP contribution in [0.25, 0.3) is 139 Å². The Labute approximate surface area is 502 Å². The minimum absolute atomic E-state index is 1.12. The highest BCUT2D eigenvalue weighted by Crippen LogP contribution is 2.55. The third kappa shape index (κ3) is 6.62. The van der Waals surface area contributed by atoms with Crippen molar-refractivity contribution < 1.29 is 0 Å². The first kappa shape index (κ1) is 47.9. The van der Waals surface area contributed by atoms with Crippen LogP contribution >= 0.6 is 22.7 Å². The van der Waals surface area contributed by atoms with E-state index >= 15 is 0 Å². The van der Waals surface area contributed by atoms with Gasteiger partial charge in [0, 0.05) is 106 Å². The minimum atomic E-state index is 1.12. The van der Waals surface area contributed by atoms with E-state index in [1.807, 2.05) is 22.7 Å². The molecule has 0 spiro atoms. The second-order valence-electron chi connectivity index (χ2n) is 23.2. The molecule has 13 aromatic carbocycles. The summed E-state index contributed by atoms with van der Waals surface area (Å²) in [4.78, 5) is 5.09. The highest BCUT2D eigenvalue weighted by Gasteiger charge is 2.31. The molecule has 0 bridgehead atoms. The van der Waals surface area contributed by atoms with Crippen LogP contribution in [0.4, 0.5) is 34.1 Å². The predicted octanol–water partition coefficient (Wildman–Crippen LogP) is 23.6. The van der Waals surface area contributed by atoms with E-state index in [9.17, 15) is 0 Å². The second kappa shape index (κ2) is 18.0. The molecule has 0 aliphatic carbocycles. The van der Waals surface area contributed by atoms with Crippen molar-refractivity contribution in [1.29, 1.82) is 0 Å². The van der Waals surface area contributed by atoms with Gasteiger partial charge in [-0.3, -0.25) is 0 Å². The maximum atomic E-state index is 2.57. The Balaban J connectivity index is 0.881. The van der Waals surface area contributed by atoms with Crippen molar-refractivity contribution in [3.05, 3.63) is 278 Å². The lowest BCUT2D eigenvalue weighted by atomic mass is 9.97. The fraction of sp³-hybridized carbons (Fsp3) is 0.0250. The van der Waals surface area contributed by atoms with Crippen LogP contribution in [-0.4, -0.2) is 8.80 Å². The van der Waals surface area contributed by atoms with Crippen LogP contribution in [0.15, 0.2) is 267 Å². The molecule has 0 saturated carbocycles. The largest absolute Gasteiger partial charge is 0.309 e. The van der Waals surface area contributed by atoms with Crippen LogP contribution in [0.3, 0.4) is 0 Å². The number of benzene rings is 13. The Kier molecular flexibility index (Phi) is 10.0. The van der Waals surface area contributed by atoms with Crippen molar-refractivity contribution in [2.75, 3.05) is 9.80 Å². The molecule has 0 atom stereocenters. The predicted molar refractivity (Wildman–Crippen MR) is 371 cm³/mol. The maximum absolute atomic E-state index is 2.57. The Morgan fingerprint density at radius 3 is 1.07 bits per heavy atom. The molecular formula is C80H50N4S2. The van der Waals surface area contributed by atoms with Gasteiger partial charge in [0.25, 0.3) is 0 Å². The molecule has 6 aromatic heterocycles. The first-order valence-electron chi connectivity index (χ1n) is 29.6. The molecule has 0 radical (unpaired) electrons. The summed E-state index contributed by atoms with van der Waals surface area (Å²) in [5, 5.41) is 15.1. The van der Waals surface area contributed by atoms with Gasteiger partial charge < -0.3 is 18.6 Å². The lowest BCUT2D eigenvalue weighted by Crippen LogP contribution is -2.12. The van der Waals surface area contributed by atoms with Crippen LogP contribution < -0.4 is 9.80 Å². The first-order chi connectivity index (χ1) is 42.5. The summed E-state index contributed by atoms with van der Waals surface area (Å²) in [6.45, 7) is 4.36. The Hall–Kier alpha value is -10.5. The number of rotatable bonds is 8. The zero-order chi connectivity index (χ0) is 56.5. The van der Waals surface area contributed by atoms with Gasteiger partial charge in [0.05, 0.1) is 55.8 Å². The van der Waals surface area contributed by atoms with Crippen molar-refractivity contribution in [1.82, 2.24) is 8.80 Å². The molecule has 402 valence electrons. The SMILES string of the molecule is Cc1ccc(N(c2ccc3c(sc4ccccc43)c2-c2ccccc2)c2ccc3c4cc5c(cc4n4c6ccccc6c2c34)c2ccc(N(c3ccc(C)cc3)c3ccc4c(sc6ccccc64)c3-c3ccccc3)c3c4ccccc4n5c23)cc1. The number of para-hydroxylation sites is 2. The van der Waals surface area contributed by atoms with Crippen LogP contribution in [0.5, 0.6) is 0 Å². The number of hydrogen-bond donors (Lipinski definition) is 0. The summed E-state index contributed by atoms with van der Waals surface area (Å²) in [5.74, 6) is 0. The minimum Gasteiger partial charge on any atom is -0.309 e. The molecule has 4 nitrogen and oxygen atoms in total. The summed E-state index contributed by atoms with van der Waals surface area (Å²) in [6, 6.07) is 100. The number of anilines is 6. The zero-order valence-electron chi connectivity index (χ0n) is 47.0. The maximum Gasteiger partial charge on any atom is 0.0641 e. The fourth-order valence-electron chi connectivity index (χ4n) is 14.7. The lowest BCUT2D eigenvalue weighted by molar-refractivity contribution is 1.29. The molecule has 0 amide bonds. The van der Waals surface area contributed by atoms with E-state index in [1.165, 1.54) is 150 Å². The fourth-order valence-corrected chi connectivity index (χ4v) is 17.3. The lowest BCUT2D eigenvalue weighted by Gasteiger charge is -2.29. The van der Waals surface area contributed by atoms with E-state index in [4.69, 9.17) is 0 Å². The molecule has 6 heterocycles. The first-order valence-corrected chi connectivity index (χ1v) is 31.2. The van der Waals surface area contributed by atoms with Gasteiger partial charge in [0.1, 0.15) is 0 Å². The molecule has 0 aliphatic rings.